The van der Waals surface area contributed by atoms with Crippen LogP contribution in [0, 0.1) is 5.82 Å². The highest BCUT2D eigenvalue weighted by atomic mass is 19.1. The van der Waals surface area contributed by atoms with Crippen molar-refractivity contribution in [3.8, 4) is 0 Å². The van der Waals surface area contributed by atoms with Crippen LogP contribution < -0.4 is 5.32 Å². The van der Waals surface area contributed by atoms with Gasteiger partial charge >= 0.3 is 0 Å². The average Bonchev–Trinajstić information content (AvgIpc) is 2.73. The van der Waals surface area contributed by atoms with Gasteiger partial charge in [0, 0.05) is 6.04 Å². The molecule has 2 rings (SSSR count). The fraction of sp³-hybridized carbons (Fsp3) is 0.588. The van der Waals surface area contributed by atoms with E-state index in [2.05, 4.69) is 19.2 Å². The Morgan fingerprint density at radius 3 is 2.48 bits per heavy atom. The van der Waals surface area contributed by atoms with E-state index in [4.69, 9.17) is 0 Å². The Labute approximate surface area is 126 Å². The summed E-state index contributed by atoms with van der Waals surface area (Å²) in [6.45, 7) is 8.17. The van der Waals surface area contributed by atoms with E-state index in [1.807, 2.05) is 18.7 Å². The van der Waals surface area contributed by atoms with Gasteiger partial charge in [-0.05, 0) is 44.4 Å². The SMILES string of the molecule is CCCC(C)N1C(=O)C(C)(CC)NC1c1ccc(F)cc1. The maximum absolute atomic E-state index is 13.1. The molecule has 0 spiro atoms. The number of hydrogen-bond donors (Lipinski definition) is 1. The Morgan fingerprint density at radius 2 is 1.95 bits per heavy atom. The predicted molar refractivity (Wildman–Crippen MR) is 82.2 cm³/mol. The fourth-order valence-corrected chi connectivity index (χ4v) is 2.99. The normalized spacial score (nSPS) is 27.2. The molecule has 1 amide bonds. The Kier molecular flexibility index (Phi) is 4.67. The van der Waals surface area contributed by atoms with E-state index in [0.717, 1.165) is 24.8 Å². The number of rotatable bonds is 5. The van der Waals surface area contributed by atoms with Crippen LogP contribution in [0.1, 0.15) is 58.7 Å². The van der Waals surface area contributed by atoms with Crippen molar-refractivity contribution in [2.45, 2.75) is 64.7 Å². The molecule has 0 aliphatic carbocycles. The molecule has 1 aliphatic rings. The highest BCUT2D eigenvalue weighted by Crippen LogP contribution is 2.35. The van der Waals surface area contributed by atoms with Crippen molar-refractivity contribution in [2.24, 2.45) is 0 Å². The van der Waals surface area contributed by atoms with E-state index >= 15 is 0 Å². The zero-order valence-electron chi connectivity index (χ0n) is 13.3. The van der Waals surface area contributed by atoms with Crippen molar-refractivity contribution in [3.63, 3.8) is 0 Å². The van der Waals surface area contributed by atoms with Crippen LogP contribution in [0.5, 0.6) is 0 Å². The van der Waals surface area contributed by atoms with E-state index < -0.39 is 5.54 Å². The summed E-state index contributed by atoms with van der Waals surface area (Å²) >= 11 is 0. The second-order valence-corrected chi connectivity index (χ2v) is 6.13. The summed E-state index contributed by atoms with van der Waals surface area (Å²) in [5.74, 6) is -0.116. The van der Waals surface area contributed by atoms with E-state index in [1.165, 1.54) is 12.1 Å². The lowest BCUT2D eigenvalue weighted by atomic mass is 9.99. The molecule has 4 heteroatoms. The third-order valence-corrected chi connectivity index (χ3v) is 4.51. The highest BCUT2D eigenvalue weighted by Gasteiger charge is 2.48. The number of hydrogen-bond acceptors (Lipinski definition) is 2. The lowest BCUT2D eigenvalue weighted by molar-refractivity contribution is -0.135. The summed E-state index contributed by atoms with van der Waals surface area (Å²) in [5, 5.41) is 3.45. The first-order valence-electron chi connectivity index (χ1n) is 7.79. The summed E-state index contributed by atoms with van der Waals surface area (Å²) in [4.78, 5) is 14.7. The van der Waals surface area contributed by atoms with Crippen LogP contribution in [-0.4, -0.2) is 22.4 Å². The zero-order chi connectivity index (χ0) is 15.6. The Morgan fingerprint density at radius 1 is 1.33 bits per heavy atom. The van der Waals surface area contributed by atoms with Crippen molar-refractivity contribution in [3.05, 3.63) is 35.6 Å². The highest BCUT2D eigenvalue weighted by molar-refractivity contribution is 5.88. The first kappa shape index (κ1) is 16.0. The van der Waals surface area contributed by atoms with Gasteiger partial charge in [0.2, 0.25) is 5.91 Å². The van der Waals surface area contributed by atoms with Crippen molar-refractivity contribution in [1.82, 2.24) is 10.2 Å². The van der Waals surface area contributed by atoms with Crippen molar-refractivity contribution >= 4 is 5.91 Å². The first-order valence-corrected chi connectivity index (χ1v) is 7.79. The maximum atomic E-state index is 13.1. The Bertz CT molecular complexity index is 502. The van der Waals surface area contributed by atoms with Gasteiger partial charge in [0.25, 0.3) is 0 Å². The topological polar surface area (TPSA) is 32.3 Å². The van der Waals surface area contributed by atoms with Gasteiger partial charge in [0.1, 0.15) is 12.0 Å². The van der Waals surface area contributed by atoms with E-state index in [-0.39, 0.29) is 23.9 Å². The molecule has 1 heterocycles. The number of halogens is 1. The van der Waals surface area contributed by atoms with Gasteiger partial charge in [-0.3, -0.25) is 10.1 Å². The quantitative estimate of drug-likeness (QED) is 0.899. The molecular weight excluding hydrogens is 267 g/mol. The summed E-state index contributed by atoms with van der Waals surface area (Å²) in [6, 6.07) is 6.58. The number of benzene rings is 1. The minimum absolute atomic E-state index is 0.139. The molecule has 1 N–H and O–H groups in total. The number of nitrogens with zero attached hydrogens (tertiary/aromatic N) is 1. The molecule has 0 bridgehead atoms. The van der Waals surface area contributed by atoms with Crippen LogP contribution in [0.3, 0.4) is 0 Å². The number of carbonyl (C=O) groups excluding carboxylic acids is 1. The van der Waals surface area contributed by atoms with Gasteiger partial charge in [-0.15, -0.1) is 0 Å². The molecule has 0 radical (unpaired) electrons. The molecule has 1 saturated heterocycles. The van der Waals surface area contributed by atoms with Crippen LogP contribution >= 0.6 is 0 Å². The predicted octanol–water partition coefficient (Wildman–Crippen LogP) is 3.61. The first-order chi connectivity index (χ1) is 9.92. The Balaban J connectivity index is 2.36. The molecule has 1 fully saturated rings. The molecule has 0 aromatic heterocycles. The van der Waals surface area contributed by atoms with E-state index in [9.17, 15) is 9.18 Å². The third-order valence-electron chi connectivity index (χ3n) is 4.51. The van der Waals surface area contributed by atoms with Gasteiger partial charge in [0.05, 0.1) is 5.54 Å². The summed E-state index contributed by atoms with van der Waals surface area (Å²) in [7, 11) is 0. The van der Waals surface area contributed by atoms with Crippen molar-refractivity contribution < 1.29 is 9.18 Å². The summed E-state index contributed by atoms with van der Waals surface area (Å²) in [6.07, 6.45) is 2.55. The largest absolute Gasteiger partial charge is 0.319 e. The van der Waals surface area contributed by atoms with E-state index in [0.29, 0.717) is 0 Å². The standard InChI is InChI=1S/C17H25FN2O/c1-5-7-12(3)20-15(13-8-10-14(18)11-9-13)19-17(4,6-2)16(20)21/h8-12,15,19H,5-7H2,1-4H3. The monoisotopic (exact) mass is 292 g/mol. The molecule has 3 nitrogen and oxygen atoms in total. The lowest BCUT2D eigenvalue weighted by Crippen LogP contribution is -2.44. The molecule has 3 atom stereocenters. The molecular formula is C17H25FN2O. The van der Waals surface area contributed by atoms with Gasteiger partial charge in [-0.2, -0.15) is 0 Å². The molecule has 1 aromatic carbocycles. The molecule has 116 valence electrons. The average molecular weight is 292 g/mol. The number of nitrogens with one attached hydrogen (secondary N) is 1. The molecule has 21 heavy (non-hydrogen) atoms. The fourth-order valence-electron chi connectivity index (χ4n) is 2.99. The van der Waals surface area contributed by atoms with Crippen LogP contribution in [0.25, 0.3) is 0 Å². The van der Waals surface area contributed by atoms with Crippen LogP contribution in [0.4, 0.5) is 4.39 Å². The van der Waals surface area contributed by atoms with Crippen LogP contribution in [0.2, 0.25) is 0 Å². The summed E-state index contributed by atoms with van der Waals surface area (Å²) in [5.41, 5.74) is 0.394. The van der Waals surface area contributed by atoms with Gasteiger partial charge < -0.3 is 4.90 Å². The van der Waals surface area contributed by atoms with Crippen molar-refractivity contribution in [2.75, 3.05) is 0 Å². The number of carbonyl (C=O) groups is 1. The second kappa shape index (κ2) is 6.14. The maximum Gasteiger partial charge on any atom is 0.244 e. The minimum Gasteiger partial charge on any atom is -0.319 e. The van der Waals surface area contributed by atoms with Crippen molar-refractivity contribution in [1.29, 1.82) is 0 Å². The van der Waals surface area contributed by atoms with E-state index in [1.54, 1.807) is 12.1 Å². The second-order valence-electron chi connectivity index (χ2n) is 6.13. The minimum atomic E-state index is -0.541. The van der Waals surface area contributed by atoms with Crippen LogP contribution in [0.15, 0.2) is 24.3 Å². The van der Waals surface area contributed by atoms with Crippen LogP contribution in [-0.2, 0) is 4.79 Å². The lowest BCUT2D eigenvalue weighted by Gasteiger charge is -2.30. The third kappa shape index (κ3) is 2.95. The zero-order valence-corrected chi connectivity index (χ0v) is 13.3. The Hall–Kier alpha value is -1.42. The summed E-state index contributed by atoms with van der Waals surface area (Å²) < 4.78 is 13.1. The van der Waals surface area contributed by atoms with Gasteiger partial charge in [-0.1, -0.05) is 32.4 Å². The molecule has 1 aromatic rings. The smallest absolute Gasteiger partial charge is 0.244 e. The molecule has 0 saturated carbocycles. The van der Waals surface area contributed by atoms with Gasteiger partial charge in [-0.25, -0.2) is 4.39 Å². The molecule has 1 aliphatic heterocycles. The molecule has 3 unspecified atom stereocenters. The number of amides is 1. The van der Waals surface area contributed by atoms with Gasteiger partial charge in [0.15, 0.2) is 0 Å².